The van der Waals surface area contributed by atoms with Gasteiger partial charge in [0.2, 0.25) is 0 Å². The largest absolute Gasteiger partial charge is 0.372 e. The van der Waals surface area contributed by atoms with Gasteiger partial charge in [0.25, 0.3) is 5.91 Å². The number of H-pyrrole nitrogens is 1. The second-order valence-corrected chi connectivity index (χ2v) is 6.06. The Balaban J connectivity index is 1.77. The van der Waals surface area contributed by atoms with Crippen LogP contribution < -0.4 is 0 Å². The Labute approximate surface area is 121 Å². The standard InChI is InChI=1S/C14H17N3O2S/c1-9-7-17(8-10(2)19-9)14(18)12-6-11(15-16-12)13-4-3-5-20-13/h3-6,9-10H,7-8H2,1-2H3,(H,15,16)/t9-,10-/m0/s1. The molecule has 5 nitrogen and oxygen atoms in total. The average molecular weight is 291 g/mol. The first-order chi connectivity index (χ1) is 9.63. The van der Waals surface area contributed by atoms with Crippen LogP contribution in [0.1, 0.15) is 24.3 Å². The molecule has 2 aromatic heterocycles. The zero-order valence-electron chi connectivity index (χ0n) is 11.5. The first-order valence-electron chi connectivity index (χ1n) is 6.67. The summed E-state index contributed by atoms with van der Waals surface area (Å²) in [6, 6.07) is 5.80. The number of carbonyl (C=O) groups excluding carboxylic acids is 1. The van der Waals surface area contributed by atoms with Crippen LogP contribution in [0.3, 0.4) is 0 Å². The molecule has 20 heavy (non-hydrogen) atoms. The van der Waals surface area contributed by atoms with Crippen LogP contribution in [0.5, 0.6) is 0 Å². The van der Waals surface area contributed by atoms with Crippen molar-refractivity contribution in [3.63, 3.8) is 0 Å². The molecule has 0 unspecified atom stereocenters. The number of carbonyl (C=O) groups is 1. The SMILES string of the molecule is C[C@H]1CN(C(=O)c2cc(-c3cccs3)[nH]n2)C[C@H](C)O1. The van der Waals surface area contributed by atoms with E-state index in [1.165, 1.54) is 0 Å². The third-order valence-corrected chi connectivity index (χ3v) is 4.19. The molecule has 1 aliphatic rings. The smallest absolute Gasteiger partial charge is 0.274 e. The van der Waals surface area contributed by atoms with Crippen LogP contribution in [-0.4, -0.2) is 46.3 Å². The van der Waals surface area contributed by atoms with Gasteiger partial charge in [0.1, 0.15) is 0 Å². The highest BCUT2D eigenvalue weighted by atomic mass is 32.1. The van der Waals surface area contributed by atoms with E-state index in [1.54, 1.807) is 11.3 Å². The summed E-state index contributed by atoms with van der Waals surface area (Å²) in [7, 11) is 0. The van der Waals surface area contributed by atoms with Crippen LogP contribution in [0.4, 0.5) is 0 Å². The Bertz CT molecular complexity index is 583. The topological polar surface area (TPSA) is 58.2 Å². The van der Waals surface area contributed by atoms with Gasteiger partial charge in [-0.1, -0.05) is 6.07 Å². The monoisotopic (exact) mass is 291 g/mol. The minimum absolute atomic E-state index is 0.0361. The van der Waals surface area contributed by atoms with E-state index in [0.717, 1.165) is 10.6 Å². The molecular weight excluding hydrogens is 274 g/mol. The fourth-order valence-corrected chi connectivity index (χ4v) is 3.19. The van der Waals surface area contributed by atoms with Gasteiger partial charge in [-0.05, 0) is 31.4 Å². The second kappa shape index (κ2) is 5.38. The average Bonchev–Trinajstić information content (AvgIpc) is 3.07. The molecule has 1 amide bonds. The van der Waals surface area contributed by atoms with Crippen LogP contribution in [0.2, 0.25) is 0 Å². The zero-order valence-corrected chi connectivity index (χ0v) is 12.3. The molecule has 1 fully saturated rings. The summed E-state index contributed by atoms with van der Waals surface area (Å²) < 4.78 is 5.65. The maximum Gasteiger partial charge on any atom is 0.274 e. The Morgan fingerprint density at radius 3 is 2.85 bits per heavy atom. The Hall–Kier alpha value is -1.66. The van der Waals surface area contributed by atoms with E-state index in [0.29, 0.717) is 18.8 Å². The molecule has 0 spiro atoms. The minimum atomic E-state index is -0.0361. The van der Waals surface area contributed by atoms with Gasteiger partial charge in [-0.15, -0.1) is 11.3 Å². The molecule has 6 heteroatoms. The van der Waals surface area contributed by atoms with Gasteiger partial charge >= 0.3 is 0 Å². The highest BCUT2D eigenvalue weighted by molar-refractivity contribution is 7.13. The summed E-state index contributed by atoms with van der Waals surface area (Å²) in [5, 5.41) is 9.08. The highest BCUT2D eigenvalue weighted by Crippen LogP contribution is 2.23. The van der Waals surface area contributed by atoms with Crippen molar-refractivity contribution in [1.82, 2.24) is 15.1 Å². The van der Waals surface area contributed by atoms with Crippen LogP contribution in [0, 0.1) is 0 Å². The molecule has 3 rings (SSSR count). The van der Waals surface area contributed by atoms with Crippen LogP contribution in [0.15, 0.2) is 23.6 Å². The first-order valence-corrected chi connectivity index (χ1v) is 7.55. The van der Waals surface area contributed by atoms with E-state index in [4.69, 9.17) is 4.74 Å². The molecule has 1 aliphatic heterocycles. The van der Waals surface area contributed by atoms with E-state index in [9.17, 15) is 4.79 Å². The molecule has 1 saturated heterocycles. The fourth-order valence-electron chi connectivity index (χ4n) is 2.50. The van der Waals surface area contributed by atoms with Crippen molar-refractivity contribution in [3.8, 4) is 10.6 Å². The van der Waals surface area contributed by atoms with Gasteiger partial charge < -0.3 is 9.64 Å². The molecule has 2 aromatic rings. The van der Waals surface area contributed by atoms with Crippen molar-refractivity contribution in [3.05, 3.63) is 29.3 Å². The van der Waals surface area contributed by atoms with Crippen LogP contribution in [0.25, 0.3) is 10.6 Å². The highest BCUT2D eigenvalue weighted by Gasteiger charge is 2.27. The quantitative estimate of drug-likeness (QED) is 0.924. The Morgan fingerprint density at radius 2 is 2.20 bits per heavy atom. The lowest BCUT2D eigenvalue weighted by Gasteiger charge is -2.34. The molecule has 0 saturated carbocycles. The molecule has 0 aliphatic carbocycles. The second-order valence-electron chi connectivity index (χ2n) is 5.11. The van der Waals surface area contributed by atoms with Gasteiger partial charge in [-0.2, -0.15) is 5.10 Å². The number of nitrogens with zero attached hydrogens (tertiary/aromatic N) is 2. The van der Waals surface area contributed by atoms with Crippen molar-refractivity contribution < 1.29 is 9.53 Å². The third kappa shape index (κ3) is 2.62. The Morgan fingerprint density at radius 1 is 1.45 bits per heavy atom. The summed E-state index contributed by atoms with van der Waals surface area (Å²) in [5.41, 5.74) is 1.35. The minimum Gasteiger partial charge on any atom is -0.372 e. The van der Waals surface area contributed by atoms with Crippen LogP contribution >= 0.6 is 11.3 Å². The number of hydrogen-bond donors (Lipinski definition) is 1. The normalized spacial score (nSPS) is 23.0. The summed E-state index contributed by atoms with van der Waals surface area (Å²) in [4.78, 5) is 15.4. The van der Waals surface area contributed by atoms with Gasteiger partial charge in [0.05, 0.1) is 22.8 Å². The van der Waals surface area contributed by atoms with Crippen molar-refractivity contribution in [1.29, 1.82) is 0 Å². The maximum atomic E-state index is 12.5. The third-order valence-electron chi connectivity index (χ3n) is 3.29. The van der Waals surface area contributed by atoms with Gasteiger partial charge in [0, 0.05) is 13.1 Å². The molecule has 0 radical (unpaired) electrons. The number of thiophene rings is 1. The lowest BCUT2D eigenvalue weighted by molar-refractivity contribution is -0.0587. The van der Waals surface area contributed by atoms with Crippen molar-refractivity contribution in [2.75, 3.05) is 13.1 Å². The molecule has 106 valence electrons. The lowest BCUT2D eigenvalue weighted by atomic mass is 10.2. The molecule has 3 heterocycles. The number of aromatic nitrogens is 2. The van der Waals surface area contributed by atoms with Gasteiger partial charge in [-0.3, -0.25) is 9.89 Å². The summed E-state index contributed by atoms with van der Waals surface area (Å²) in [6.45, 7) is 5.20. The van der Waals surface area contributed by atoms with E-state index in [1.807, 2.05) is 42.3 Å². The number of amides is 1. The van der Waals surface area contributed by atoms with Crippen LogP contribution in [-0.2, 0) is 4.74 Å². The molecular formula is C14H17N3O2S. The fraction of sp³-hybridized carbons (Fsp3) is 0.429. The van der Waals surface area contributed by atoms with E-state index < -0.39 is 0 Å². The number of nitrogens with one attached hydrogen (secondary N) is 1. The predicted octanol–water partition coefficient (Wildman–Crippen LogP) is 2.39. The number of morpholine rings is 1. The summed E-state index contributed by atoms with van der Waals surface area (Å²) in [5.74, 6) is -0.0361. The van der Waals surface area contributed by atoms with Crippen molar-refractivity contribution in [2.24, 2.45) is 0 Å². The number of aromatic amines is 1. The number of rotatable bonds is 2. The molecule has 2 atom stereocenters. The van der Waals surface area contributed by atoms with Gasteiger partial charge in [-0.25, -0.2) is 0 Å². The number of ether oxygens (including phenoxy) is 1. The van der Waals surface area contributed by atoms with E-state index in [2.05, 4.69) is 10.2 Å². The first kappa shape index (κ1) is 13.3. The van der Waals surface area contributed by atoms with Gasteiger partial charge in [0.15, 0.2) is 5.69 Å². The maximum absolute atomic E-state index is 12.5. The van der Waals surface area contributed by atoms with Crippen molar-refractivity contribution in [2.45, 2.75) is 26.1 Å². The van der Waals surface area contributed by atoms with Crippen molar-refractivity contribution >= 4 is 17.2 Å². The van der Waals surface area contributed by atoms with E-state index in [-0.39, 0.29) is 18.1 Å². The zero-order chi connectivity index (χ0) is 14.1. The molecule has 1 N–H and O–H groups in total. The lowest BCUT2D eigenvalue weighted by Crippen LogP contribution is -2.48. The summed E-state index contributed by atoms with van der Waals surface area (Å²) >= 11 is 1.62. The van der Waals surface area contributed by atoms with E-state index >= 15 is 0 Å². The summed E-state index contributed by atoms with van der Waals surface area (Å²) in [6.07, 6.45) is 0.136. The Kier molecular flexibility index (Phi) is 3.58. The predicted molar refractivity (Wildman–Crippen MR) is 77.8 cm³/mol. The number of hydrogen-bond acceptors (Lipinski definition) is 4. The molecule has 0 bridgehead atoms. The molecule has 0 aromatic carbocycles.